The molecular formula is C23H15ClN4OS. The standard InChI is InChI=1S/C23H15ClN4OS/c24-17-11-12-19-18(13-17)23(26-21(25-19)15-7-3-1-4-8-15)30-14-20-27-28-22(29-20)16-9-5-2-6-10-16/h1-13H,14H2. The molecule has 30 heavy (non-hydrogen) atoms. The van der Waals surface area contributed by atoms with Crippen molar-refractivity contribution in [3.05, 3.63) is 89.8 Å². The van der Waals surface area contributed by atoms with E-state index in [0.29, 0.717) is 28.4 Å². The van der Waals surface area contributed by atoms with Gasteiger partial charge in [0, 0.05) is 21.5 Å². The van der Waals surface area contributed by atoms with Crippen molar-refractivity contribution in [3.63, 3.8) is 0 Å². The molecule has 0 radical (unpaired) electrons. The highest BCUT2D eigenvalue weighted by Crippen LogP contribution is 2.32. The molecule has 5 rings (SSSR count). The highest BCUT2D eigenvalue weighted by molar-refractivity contribution is 7.98. The average Bonchev–Trinajstić information content (AvgIpc) is 3.28. The van der Waals surface area contributed by atoms with Gasteiger partial charge in [0.15, 0.2) is 5.82 Å². The number of hydrogen-bond donors (Lipinski definition) is 0. The van der Waals surface area contributed by atoms with Gasteiger partial charge in [0.2, 0.25) is 11.8 Å². The minimum Gasteiger partial charge on any atom is -0.420 e. The fourth-order valence-electron chi connectivity index (χ4n) is 3.04. The zero-order chi connectivity index (χ0) is 20.3. The molecule has 0 saturated carbocycles. The molecule has 0 aliphatic carbocycles. The van der Waals surface area contributed by atoms with Crippen molar-refractivity contribution in [2.24, 2.45) is 0 Å². The first-order chi connectivity index (χ1) is 14.8. The first-order valence-corrected chi connectivity index (χ1v) is 10.7. The third kappa shape index (κ3) is 3.92. The molecule has 0 spiro atoms. The van der Waals surface area contributed by atoms with Gasteiger partial charge in [0.05, 0.1) is 11.3 Å². The molecule has 0 N–H and O–H groups in total. The molecule has 146 valence electrons. The molecule has 5 aromatic rings. The van der Waals surface area contributed by atoms with Crippen LogP contribution in [0.15, 0.2) is 88.3 Å². The third-order valence-electron chi connectivity index (χ3n) is 4.47. The first kappa shape index (κ1) is 18.8. The molecule has 2 aromatic heterocycles. The van der Waals surface area contributed by atoms with Crippen LogP contribution in [0, 0.1) is 0 Å². The van der Waals surface area contributed by atoms with E-state index in [-0.39, 0.29) is 0 Å². The molecule has 0 amide bonds. The van der Waals surface area contributed by atoms with Crippen molar-refractivity contribution in [1.29, 1.82) is 0 Å². The van der Waals surface area contributed by atoms with Gasteiger partial charge < -0.3 is 4.42 Å². The number of hydrogen-bond acceptors (Lipinski definition) is 6. The van der Waals surface area contributed by atoms with Crippen molar-refractivity contribution in [2.45, 2.75) is 10.8 Å². The minimum atomic E-state index is 0.493. The van der Waals surface area contributed by atoms with Crippen LogP contribution in [0.4, 0.5) is 0 Å². The molecule has 7 heteroatoms. The van der Waals surface area contributed by atoms with E-state index in [1.54, 1.807) is 0 Å². The Morgan fingerprint density at radius 3 is 2.30 bits per heavy atom. The van der Waals surface area contributed by atoms with Crippen LogP contribution in [0.3, 0.4) is 0 Å². The maximum absolute atomic E-state index is 6.23. The van der Waals surface area contributed by atoms with Gasteiger partial charge in [-0.2, -0.15) is 0 Å². The summed E-state index contributed by atoms with van der Waals surface area (Å²) in [5.74, 6) is 2.20. The van der Waals surface area contributed by atoms with Gasteiger partial charge in [0.25, 0.3) is 0 Å². The molecule has 5 nitrogen and oxygen atoms in total. The summed E-state index contributed by atoms with van der Waals surface area (Å²) in [4.78, 5) is 9.51. The van der Waals surface area contributed by atoms with E-state index in [2.05, 4.69) is 10.2 Å². The van der Waals surface area contributed by atoms with Crippen molar-refractivity contribution < 1.29 is 4.42 Å². The number of aromatic nitrogens is 4. The van der Waals surface area contributed by atoms with E-state index in [9.17, 15) is 0 Å². The van der Waals surface area contributed by atoms with Crippen LogP contribution in [0.2, 0.25) is 5.02 Å². The third-order valence-corrected chi connectivity index (χ3v) is 5.69. The largest absolute Gasteiger partial charge is 0.420 e. The Morgan fingerprint density at radius 2 is 1.53 bits per heavy atom. The number of nitrogens with zero attached hydrogens (tertiary/aromatic N) is 4. The molecule has 0 fully saturated rings. The first-order valence-electron chi connectivity index (χ1n) is 9.29. The van der Waals surface area contributed by atoms with Crippen LogP contribution < -0.4 is 0 Å². The maximum atomic E-state index is 6.23. The van der Waals surface area contributed by atoms with Crippen LogP contribution in [-0.4, -0.2) is 20.2 Å². The number of thioether (sulfide) groups is 1. The molecule has 0 aliphatic rings. The number of fused-ring (bicyclic) bond motifs is 1. The van der Waals surface area contributed by atoms with Crippen molar-refractivity contribution in [3.8, 4) is 22.8 Å². The SMILES string of the molecule is Clc1ccc2nc(-c3ccccc3)nc(SCc3nnc(-c4ccccc4)o3)c2c1. The Kier molecular flexibility index (Phi) is 5.17. The summed E-state index contributed by atoms with van der Waals surface area (Å²) in [6, 6.07) is 25.3. The Hall–Kier alpha value is -3.22. The second-order valence-electron chi connectivity index (χ2n) is 6.54. The van der Waals surface area contributed by atoms with E-state index in [0.717, 1.165) is 27.1 Å². The summed E-state index contributed by atoms with van der Waals surface area (Å²) in [7, 11) is 0. The van der Waals surface area contributed by atoms with Crippen LogP contribution >= 0.6 is 23.4 Å². The van der Waals surface area contributed by atoms with Crippen LogP contribution in [0.1, 0.15) is 5.89 Å². The van der Waals surface area contributed by atoms with Crippen LogP contribution in [-0.2, 0) is 5.75 Å². The summed E-state index contributed by atoms with van der Waals surface area (Å²) in [5, 5.41) is 10.7. The fourth-order valence-corrected chi connectivity index (χ4v) is 4.06. The molecule has 3 aromatic carbocycles. The smallest absolute Gasteiger partial charge is 0.247 e. The summed E-state index contributed by atoms with van der Waals surface area (Å²) in [6.45, 7) is 0. The molecule has 0 saturated heterocycles. The van der Waals surface area contributed by atoms with Crippen molar-refractivity contribution in [1.82, 2.24) is 20.2 Å². The lowest BCUT2D eigenvalue weighted by Crippen LogP contribution is -1.94. The number of benzene rings is 3. The van der Waals surface area contributed by atoms with Gasteiger partial charge in [-0.3, -0.25) is 0 Å². The fraction of sp³-hybridized carbons (Fsp3) is 0.0435. The highest BCUT2D eigenvalue weighted by Gasteiger charge is 2.14. The van der Waals surface area contributed by atoms with Gasteiger partial charge >= 0.3 is 0 Å². The van der Waals surface area contributed by atoms with Gasteiger partial charge in [0.1, 0.15) is 5.03 Å². The number of rotatable bonds is 5. The predicted octanol–water partition coefficient (Wildman–Crippen LogP) is 6.29. The van der Waals surface area contributed by atoms with E-state index < -0.39 is 0 Å². The van der Waals surface area contributed by atoms with E-state index in [1.807, 2.05) is 78.9 Å². The topological polar surface area (TPSA) is 64.7 Å². The van der Waals surface area contributed by atoms with E-state index >= 15 is 0 Å². The van der Waals surface area contributed by atoms with Crippen LogP contribution in [0.25, 0.3) is 33.7 Å². The normalized spacial score (nSPS) is 11.1. The maximum Gasteiger partial charge on any atom is 0.247 e. The Balaban J connectivity index is 1.47. The molecule has 0 aliphatic heterocycles. The molecule has 0 unspecified atom stereocenters. The Labute approximate surface area is 182 Å². The Bertz CT molecular complexity index is 1310. The predicted molar refractivity (Wildman–Crippen MR) is 119 cm³/mol. The second kappa shape index (κ2) is 8.26. The zero-order valence-electron chi connectivity index (χ0n) is 15.7. The van der Waals surface area contributed by atoms with E-state index in [4.69, 9.17) is 26.0 Å². The quantitative estimate of drug-likeness (QED) is 0.241. The zero-order valence-corrected chi connectivity index (χ0v) is 17.3. The minimum absolute atomic E-state index is 0.493. The summed E-state index contributed by atoms with van der Waals surface area (Å²) in [6.07, 6.45) is 0. The van der Waals surface area contributed by atoms with Crippen molar-refractivity contribution in [2.75, 3.05) is 0 Å². The lowest BCUT2D eigenvalue weighted by molar-refractivity contribution is 0.528. The average molecular weight is 431 g/mol. The van der Waals surface area contributed by atoms with E-state index in [1.165, 1.54) is 11.8 Å². The van der Waals surface area contributed by atoms with Gasteiger partial charge in [-0.05, 0) is 30.3 Å². The van der Waals surface area contributed by atoms with Crippen molar-refractivity contribution >= 4 is 34.3 Å². The molecular weight excluding hydrogens is 416 g/mol. The summed E-state index contributed by atoms with van der Waals surface area (Å²) < 4.78 is 5.83. The van der Waals surface area contributed by atoms with Gasteiger partial charge in [-0.25, -0.2) is 9.97 Å². The van der Waals surface area contributed by atoms with Gasteiger partial charge in [-0.1, -0.05) is 71.9 Å². The summed E-state index contributed by atoms with van der Waals surface area (Å²) >= 11 is 7.75. The Morgan fingerprint density at radius 1 is 0.800 bits per heavy atom. The van der Waals surface area contributed by atoms with Gasteiger partial charge in [-0.15, -0.1) is 10.2 Å². The molecule has 2 heterocycles. The second-order valence-corrected chi connectivity index (χ2v) is 7.94. The highest BCUT2D eigenvalue weighted by atomic mass is 35.5. The van der Waals surface area contributed by atoms with Crippen LogP contribution in [0.5, 0.6) is 0 Å². The number of halogens is 1. The lowest BCUT2D eigenvalue weighted by atomic mass is 10.2. The molecule has 0 bridgehead atoms. The summed E-state index contributed by atoms with van der Waals surface area (Å²) in [5.41, 5.74) is 2.69. The monoisotopic (exact) mass is 430 g/mol. The molecule has 0 atom stereocenters. The lowest BCUT2D eigenvalue weighted by Gasteiger charge is -2.08.